The van der Waals surface area contributed by atoms with E-state index in [1.165, 1.54) is 12.1 Å². The highest BCUT2D eigenvalue weighted by atomic mass is 19.1. The van der Waals surface area contributed by atoms with Gasteiger partial charge in [0.1, 0.15) is 12.4 Å². The number of hydrazine groups is 1. The summed E-state index contributed by atoms with van der Waals surface area (Å²) >= 11 is 0. The van der Waals surface area contributed by atoms with E-state index < -0.39 is 0 Å². The van der Waals surface area contributed by atoms with Crippen molar-refractivity contribution in [1.82, 2.24) is 15.8 Å². The first-order valence-electron chi connectivity index (χ1n) is 9.27. The summed E-state index contributed by atoms with van der Waals surface area (Å²) in [6, 6.07) is 6.97. The van der Waals surface area contributed by atoms with Crippen LogP contribution in [0.1, 0.15) is 24.3 Å². The maximum atomic E-state index is 13.2. The maximum Gasteiger partial charge on any atom is 0.248 e. The molecular formula is C19H28FN3O3. The highest BCUT2D eigenvalue weighted by molar-refractivity contribution is 5.77. The molecule has 7 heteroatoms. The lowest BCUT2D eigenvalue weighted by Gasteiger charge is -2.37. The zero-order valence-electron chi connectivity index (χ0n) is 15.2. The van der Waals surface area contributed by atoms with Crippen molar-refractivity contribution in [2.75, 3.05) is 46.6 Å². The molecule has 2 fully saturated rings. The number of likely N-dealkylation sites (tertiary alicyclic amines) is 1. The maximum absolute atomic E-state index is 13.2. The monoisotopic (exact) mass is 365 g/mol. The Morgan fingerprint density at radius 1 is 1.31 bits per heavy atom. The van der Waals surface area contributed by atoms with Crippen molar-refractivity contribution in [2.24, 2.45) is 5.92 Å². The molecule has 3 atom stereocenters. The van der Waals surface area contributed by atoms with Crippen LogP contribution in [0, 0.1) is 11.7 Å². The average molecular weight is 365 g/mol. The first-order chi connectivity index (χ1) is 12.7. The molecular weight excluding hydrogens is 337 g/mol. The molecule has 2 N–H and O–H groups in total. The Bertz CT molecular complexity index is 584. The smallest absolute Gasteiger partial charge is 0.248 e. The molecule has 0 aromatic heterocycles. The minimum Gasteiger partial charge on any atom is -0.382 e. The van der Waals surface area contributed by atoms with Crippen LogP contribution in [0.5, 0.6) is 0 Å². The number of nitrogens with one attached hydrogen (secondary N) is 2. The molecule has 0 aliphatic carbocycles. The Labute approximate surface area is 154 Å². The molecule has 6 nitrogen and oxygen atoms in total. The van der Waals surface area contributed by atoms with Crippen LogP contribution in [0.4, 0.5) is 4.39 Å². The minimum absolute atomic E-state index is 0.0371. The van der Waals surface area contributed by atoms with Crippen LogP contribution >= 0.6 is 0 Å². The van der Waals surface area contributed by atoms with Gasteiger partial charge in [-0.1, -0.05) is 12.1 Å². The van der Waals surface area contributed by atoms with Crippen LogP contribution in [0.25, 0.3) is 0 Å². The van der Waals surface area contributed by atoms with Gasteiger partial charge in [0.2, 0.25) is 5.91 Å². The summed E-state index contributed by atoms with van der Waals surface area (Å²) in [5.74, 6) is 0.451. The predicted molar refractivity (Wildman–Crippen MR) is 96.1 cm³/mol. The van der Waals surface area contributed by atoms with Gasteiger partial charge >= 0.3 is 0 Å². The SMILES string of the molecule is COCCOCC(=O)N1CCCC(C2NNCC2c2ccc(F)cc2)C1. The summed E-state index contributed by atoms with van der Waals surface area (Å²) in [6.45, 7) is 3.34. The first-order valence-corrected chi connectivity index (χ1v) is 9.27. The van der Waals surface area contributed by atoms with Crippen molar-refractivity contribution in [3.05, 3.63) is 35.6 Å². The Hall–Kier alpha value is -1.54. The Morgan fingerprint density at radius 3 is 2.88 bits per heavy atom. The van der Waals surface area contributed by atoms with Crippen LogP contribution in [0.2, 0.25) is 0 Å². The van der Waals surface area contributed by atoms with E-state index in [1.54, 1.807) is 7.11 Å². The molecule has 1 aromatic rings. The largest absolute Gasteiger partial charge is 0.382 e. The number of hydrogen-bond donors (Lipinski definition) is 2. The van der Waals surface area contributed by atoms with Gasteiger partial charge in [0.15, 0.2) is 0 Å². The first kappa shape index (κ1) is 19.2. The second-order valence-corrected chi connectivity index (χ2v) is 7.00. The highest BCUT2D eigenvalue weighted by Crippen LogP contribution is 2.31. The lowest BCUT2D eigenvalue weighted by atomic mass is 9.81. The van der Waals surface area contributed by atoms with Gasteiger partial charge in [-0.2, -0.15) is 0 Å². The van der Waals surface area contributed by atoms with Gasteiger partial charge in [-0.3, -0.25) is 15.6 Å². The number of carbonyl (C=O) groups is 1. The number of halogens is 1. The van der Waals surface area contributed by atoms with Crippen molar-refractivity contribution >= 4 is 5.91 Å². The van der Waals surface area contributed by atoms with Crippen molar-refractivity contribution in [3.63, 3.8) is 0 Å². The molecule has 144 valence electrons. The third-order valence-corrected chi connectivity index (χ3v) is 5.30. The second-order valence-electron chi connectivity index (χ2n) is 7.00. The molecule has 0 radical (unpaired) electrons. The number of piperidine rings is 1. The molecule has 0 bridgehead atoms. The zero-order valence-corrected chi connectivity index (χ0v) is 15.2. The molecule has 3 unspecified atom stereocenters. The minimum atomic E-state index is -0.216. The van der Waals surface area contributed by atoms with E-state index in [2.05, 4.69) is 10.9 Å². The molecule has 2 aliphatic heterocycles. The van der Waals surface area contributed by atoms with E-state index in [9.17, 15) is 9.18 Å². The lowest BCUT2D eigenvalue weighted by molar-refractivity contribution is -0.138. The summed E-state index contributed by atoms with van der Waals surface area (Å²) in [5.41, 5.74) is 7.74. The third-order valence-electron chi connectivity index (χ3n) is 5.30. The fraction of sp³-hybridized carbons (Fsp3) is 0.632. The summed E-state index contributed by atoms with van der Waals surface area (Å²) < 4.78 is 23.5. The molecule has 0 saturated carbocycles. The Kier molecular flexibility index (Phi) is 6.96. The van der Waals surface area contributed by atoms with Crippen molar-refractivity contribution in [2.45, 2.75) is 24.8 Å². The predicted octanol–water partition coefficient (Wildman–Crippen LogP) is 1.29. The van der Waals surface area contributed by atoms with Crippen LogP contribution in [-0.4, -0.2) is 63.4 Å². The van der Waals surface area contributed by atoms with Gasteiger partial charge < -0.3 is 14.4 Å². The average Bonchev–Trinajstić information content (AvgIpc) is 3.15. The number of methoxy groups -OCH3 is 1. The van der Waals surface area contributed by atoms with Gasteiger partial charge in [-0.25, -0.2) is 4.39 Å². The number of ether oxygens (including phenoxy) is 2. The van der Waals surface area contributed by atoms with Crippen molar-refractivity contribution < 1.29 is 18.7 Å². The van der Waals surface area contributed by atoms with E-state index in [0.717, 1.165) is 38.0 Å². The van der Waals surface area contributed by atoms with Crippen LogP contribution in [-0.2, 0) is 14.3 Å². The fourth-order valence-electron chi connectivity index (χ4n) is 3.92. The second kappa shape index (κ2) is 9.41. The standard InChI is InChI=1S/C19H28FN3O3/c1-25-9-10-26-13-18(24)23-8-2-3-15(12-23)19-17(11-21-22-19)14-4-6-16(20)7-5-14/h4-7,15,17,19,21-22H,2-3,8-13H2,1H3. The van der Waals surface area contributed by atoms with E-state index in [0.29, 0.717) is 19.1 Å². The molecule has 2 aliphatic rings. The summed E-state index contributed by atoms with van der Waals surface area (Å²) in [6.07, 6.45) is 2.06. The van der Waals surface area contributed by atoms with Gasteiger partial charge in [-0.15, -0.1) is 0 Å². The number of benzene rings is 1. The number of rotatable bonds is 7. The number of hydrogen-bond acceptors (Lipinski definition) is 5. The topological polar surface area (TPSA) is 62.8 Å². The quantitative estimate of drug-likeness (QED) is 0.713. The number of carbonyl (C=O) groups excluding carboxylic acids is 1. The molecule has 1 amide bonds. The van der Waals surface area contributed by atoms with Gasteiger partial charge in [0.05, 0.1) is 13.2 Å². The summed E-state index contributed by atoms with van der Waals surface area (Å²) in [4.78, 5) is 14.3. The highest BCUT2D eigenvalue weighted by Gasteiger charge is 2.37. The Morgan fingerprint density at radius 2 is 2.12 bits per heavy atom. The van der Waals surface area contributed by atoms with Crippen LogP contribution < -0.4 is 10.9 Å². The fourth-order valence-corrected chi connectivity index (χ4v) is 3.92. The zero-order chi connectivity index (χ0) is 18.4. The van der Waals surface area contributed by atoms with Gasteiger partial charge in [-0.05, 0) is 36.5 Å². The summed E-state index contributed by atoms with van der Waals surface area (Å²) in [5, 5.41) is 0. The van der Waals surface area contributed by atoms with E-state index in [-0.39, 0.29) is 30.3 Å². The van der Waals surface area contributed by atoms with E-state index in [1.807, 2.05) is 17.0 Å². The molecule has 2 saturated heterocycles. The lowest BCUT2D eigenvalue weighted by Crippen LogP contribution is -2.49. The normalized spacial score (nSPS) is 26.2. The van der Waals surface area contributed by atoms with Gasteiger partial charge in [0, 0.05) is 38.7 Å². The third kappa shape index (κ3) is 4.79. The Balaban J connectivity index is 1.57. The molecule has 1 aromatic carbocycles. The molecule has 3 rings (SSSR count). The van der Waals surface area contributed by atoms with Crippen molar-refractivity contribution in [3.8, 4) is 0 Å². The number of nitrogens with zero attached hydrogens (tertiary/aromatic N) is 1. The molecule has 2 heterocycles. The van der Waals surface area contributed by atoms with E-state index in [4.69, 9.17) is 9.47 Å². The summed E-state index contributed by atoms with van der Waals surface area (Å²) in [7, 11) is 1.61. The molecule has 26 heavy (non-hydrogen) atoms. The van der Waals surface area contributed by atoms with Gasteiger partial charge in [0.25, 0.3) is 0 Å². The van der Waals surface area contributed by atoms with Crippen LogP contribution in [0.3, 0.4) is 0 Å². The van der Waals surface area contributed by atoms with Crippen molar-refractivity contribution in [1.29, 1.82) is 0 Å². The van der Waals surface area contributed by atoms with Crippen LogP contribution in [0.15, 0.2) is 24.3 Å². The molecule has 0 spiro atoms. The number of amides is 1. The van der Waals surface area contributed by atoms with E-state index >= 15 is 0 Å².